The molecule has 0 aliphatic carbocycles. The Hall–Kier alpha value is -3.70. The molecule has 3 aromatic heterocycles. The molecule has 0 saturated heterocycles. The van der Waals surface area contributed by atoms with E-state index in [4.69, 9.17) is 14.5 Å². The van der Waals surface area contributed by atoms with Crippen molar-refractivity contribution < 1.29 is 14.3 Å². The molecule has 5 rings (SSSR count). The number of hydrogen-bond donors (Lipinski definition) is 1. The summed E-state index contributed by atoms with van der Waals surface area (Å²) in [5.74, 6) is 2.69. The number of thioether (sulfide) groups is 1. The molecule has 5 aromatic rings. The lowest BCUT2D eigenvalue weighted by atomic mass is 10.1. The number of imidazole rings is 1. The Bertz CT molecular complexity index is 1540. The fourth-order valence-corrected chi connectivity index (χ4v) is 6.32. The van der Waals surface area contributed by atoms with E-state index in [1.54, 1.807) is 18.9 Å². The van der Waals surface area contributed by atoms with Gasteiger partial charge in [0.25, 0.3) is 0 Å². The van der Waals surface area contributed by atoms with E-state index in [0.29, 0.717) is 17.2 Å². The maximum absolute atomic E-state index is 12.2. The van der Waals surface area contributed by atoms with E-state index in [1.165, 1.54) is 24.0 Å². The summed E-state index contributed by atoms with van der Waals surface area (Å²) in [5, 5.41) is 14.3. The Balaban J connectivity index is 1.33. The van der Waals surface area contributed by atoms with Crippen LogP contribution in [-0.4, -0.2) is 50.4 Å². The smallest absolute Gasteiger partial charge is 0.348 e. The summed E-state index contributed by atoms with van der Waals surface area (Å²) in [5.41, 5.74) is 4.79. The number of H-pyrrole nitrogens is 1. The average Bonchev–Trinajstić information content (AvgIpc) is 3.65. The number of ether oxygens (including phenoxy) is 2. The molecule has 0 spiro atoms. The van der Waals surface area contributed by atoms with Crippen LogP contribution in [0.15, 0.2) is 47.4 Å². The Morgan fingerprint density at radius 3 is 2.65 bits per heavy atom. The number of aryl methyl sites for hydroxylation is 2. The number of aromatic nitrogens is 6. The standard InChI is InChI=1S/C26H26N6O3S2/c1-5-20-27-21-15(2)23(26(33)35-4)37-25(21)32(20)13-16-9-11-18(12-10-16)36-14-17-7-6-8-19(22(17)34-3)24-28-30-31-29-24/h6-12H,5,13-14H2,1-4H3,(H,28,29,30,31). The first kappa shape index (κ1) is 25.0. The van der Waals surface area contributed by atoms with E-state index in [1.807, 2.05) is 25.1 Å². The molecule has 0 unspecified atom stereocenters. The molecule has 0 radical (unpaired) electrons. The summed E-state index contributed by atoms with van der Waals surface area (Å²) in [6.07, 6.45) is 0.813. The normalized spacial score (nSPS) is 11.2. The van der Waals surface area contributed by atoms with Crippen molar-refractivity contribution in [1.82, 2.24) is 30.2 Å². The zero-order valence-electron chi connectivity index (χ0n) is 20.9. The van der Waals surface area contributed by atoms with E-state index < -0.39 is 0 Å². The van der Waals surface area contributed by atoms with Gasteiger partial charge in [-0.05, 0) is 35.9 Å². The minimum absolute atomic E-state index is 0.314. The Morgan fingerprint density at radius 2 is 1.97 bits per heavy atom. The maximum atomic E-state index is 12.2. The van der Waals surface area contributed by atoms with Crippen molar-refractivity contribution in [2.45, 2.75) is 37.5 Å². The first-order valence-corrected chi connectivity index (χ1v) is 13.5. The van der Waals surface area contributed by atoms with Gasteiger partial charge < -0.3 is 14.0 Å². The van der Waals surface area contributed by atoms with E-state index in [9.17, 15) is 4.79 Å². The fourth-order valence-electron chi connectivity index (χ4n) is 4.26. The predicted octanol–water partition coefficient (Wildman–Crippen LogP) is 5.28. The van der Waals surface area contributed by atoms with Crippen molar-refractivity contribution in [3.05, 3.63) is 69.9 Å². The first-order valence-electron chi connectivity index (χ1n) is 11.7. The molecule has 190 valence electrons. The highest BCUT2D eigenvalue weighted by Gasteiger charge is 2.22. The Kier molecular flexibility index (Phi) is 7.24. The van der Waals surface area contributed by atoms with Crippen LogP contribution in [0.25, 0.3) is 21.7 Å². The molecular formula is C26H26N6O3S2. The average molecular weight is 535 g/mol. The third kappa shape index (κ3) is 4.84. The van der Waals surface area contributed by atoms with E-state index in [-0.39, 0.29) is 5.97 Å². The molecule has 0 atom stereocenters. The van der Waals surface area contributed by atoms with Crippen LogP contribution in [0.2, 0.25) is 0 Å². The quantitative estimate of drug-likeness (QED) is 0.201. The molecule has 3 heterocycles. The highest BCUT2D eigenvalue weighted by Crippen LogP contribution is 2.35. The van der Waals surface area contributed by atoms with Crippen LogP contribution in [-0.2, 0) is 23.5 Å². The second-order valence-electron chi connectivity index (χ2n) is 8.34. The van der Waals surface area contributed by atoms with Crippen LogP contribution in [0.3, 0.4) is 0 Å². The molecule has 11 heteroatoms. The summed E-state index contributed by atoms with van der Waals surface area (Å²) in [4.78, 5) is 19.8. The van der Waals surface area contributed by atoms with Crippen LogP contribution in [0.4, 0.5) is 0 Å². The van der Waals surface area contributed by atoms with Gasteiger partial charge in [0.2, 0.25) is 5.82 Å². The topological polar surface area (TPSA) is 108 Å². The molecule has 0 saturated carbocycles. The molecule has 1 N–H and O–H groups in total. The second kappa shape index (κ2) is 10.7. The lowest BCUT2D eigenvalue weighted by Crippen LogP contribution is -2.04. The van der Waals surface area contributed by atoms with Gasteiger partial charge >= 0.3 is 5.97 Å². The molecule has 0 aliphatic heterocycles. The number of fused-ring (bicyclic) bond motifs is 1. The highest BCUT2D eigenvalue weighted by atomic mass is 32.2. The number of thiophene rings is 1. The van der Waals surface area contributed by atoms with Gasteiger partial charge in [-0.2, -0.15) is 5.21 Å². The van der Waals surface area contributed by atoms with Crippen LogP contribution < -0.4 is 4.74 Å². The van der Waals surface area contributed by atoms with Gasteiger partial charge in [-0.25, -0.2) is 9.78 Å². The van der Waals surface area contributed by atoms with Crippen LogP contribution in [0.5, 0.6) is 5.75 Å². The largest absolute Gasteiger partial charge is 0.496 e. The molecule has 2 aromatic carbocycles. The lowest BCUT2D eigenvalue weighted by Gasteiger charge is -2.12. The number of esters is 1. The third-order valence-corrected chi connectivity index (χ3v) is 8.47. The second-order valence-corrected chi connectivity index (χ2v) is 10.4. The van der Waals surface area contributed by atoms with Crippen molar-refractivity contribution in [2.75, 3.05) is 14.2 Å². The van der Waals surface area contributed by atoms with E-state index in [2.05, 4.69) is 56.4 Å². The number of tetrazole rings is 1. The van der Waals surface area contributed by atoms with Crippen molar-refractivity contribution in [2.24, 2.45) is 0 Å². The fraction of sp³-hybridized carbons (Fsp3) is 0.269. The van der Waals surface area contributed by atoms with Gasteiger partial charge in [0.15, 0.2) is 0 Å². The molecule has 37 heavy (non-hydrogen) atoms. The Morgan fingerprint density at radius 1 is 1.16 bits per heavy atom. The molecule has 0 bridgehead atoms. The summed E-state index contributed by atoms with van der Waals surface area (Å²) in [6.45, 7) is 4.72. The van der Waals surface area contributed by atoms with Crippen molar-refractivity contribution in [3.8, 4) is 17.1 Å². The van der Waals surface area contributed by atoms with Crippen LogP contribution in [0.1, 0.15) is 39.1 Å². The van der Waals surface area contributed by atoms with Gasteiger partial charge in [0.1, 0.15) is 26.8 Å². The lowest BCUT2D eigenvalue weighted by molar-refractivity contribution is 0.0605. The minimum Gasteiger partial charge on any atom is -0.496 e. The van der Waals surface area contributed by atoms with Gasteiger partial charge in [-0.15, -0.1) is 33.3 Å². The number of nitrogens with zero attached hydrogens (tertiary/aromatic N) is 5. The predicted molar refractivity (Wildman–Crippen MR) is 144 cm³/mol. The summed E-state index contributed by atoms with van der Waals surface area (Å²) in [6, 6.07) is 14.5. The molecule has 0 amide bonds. The molecule has 0 fully saturated rings. The number of benzene rings is 2. The number of carbonyl (C=O) groups is 1. The third-order valence-electron chi connectivity index (χ3n) is 6.13. The van der Waals surface area contributed by atoms with Crippen LogP contribution in [0, 0.1) is 6.92 Å². The number of para-hydroxylation sites is 1. The SMILES string of the molecule is CCc1nc2c(C)c(C(=O)OC)sc2n1Cc1ccc(SCc2cccc(-c3nn[nH]n3)c2OC)cc1. The highest BCUT2D eigenvalue weighted by molar-refractivity contribution is 7.98. The molecular weight excluding hydrogens is 508 g/mol. The number of hydrogen-bond acceptors (Lipinski definition) is 9. The van der Waals surface area contributed by atoms with Crippen molar-refractivity contribution in [1.29, 1.82) is 0 Å². The Labute approximate surface area is 222 Å². The van der Waals surface area contributed by atoms with Gasteiger partial charge in [0.05, 0.1) is 26.3 Å². The number of rotatable bonds is 9. The van der Waals surface area contributed by atoms with Gasteiger partial charge in [-0.1, -0.05) is 31.2 Å². The van der Waals surface area contributed by atoms with E-state index >= 15 is 0 Å². The monoisotopic (exact) mass is 534 g/mol. The number of nitrogens with one attached hydrogen (secondary N) is 1. The number of methoxy groups -OCH3 is 2. The summed E-state index contributed by atoms with van der Waals surface area (Å²) >= 11 is 3.18. The van der Waals surface area contributed by atoms with Crippen LogP contribution >= 0.6 is 23.1 Å². The van der Waals surface area contributed by atoms with Crippen molar-refractivity contribution in [3.63, 3.8) is 0 Å². The molecule has 0 aliphatic rings. The summed E-state index contributed by atoms with van der Waals surface area (Å²) < 4.78 is 12.8. The number of aromatic amines is 1. The van der Waals surface area contributed by atoms with Gasteiger partial charge in [0, 0.05) is 28.2 Å². The zero-order chi connectivity index (χ0) is 25.9. The van der Waals surface area contributed by atoms with Crippen molar-refractivity contribution >= 4 is 39.4 Å². The summed E-state index contributed by atoms with van der Waals surface area (Å²) in [7, 11) is 3.06. The number of carbonyl (C=O) groups excluding carboxylic acids is 1. The maximum Gasteiger partial charge on any atom is 0.348 e. The minimum atomic E-state index is -0.314. The van der Waals surface area contributed by atoms with E-state index in [0.717, 1.165) is 55.7 Å². The molecule has 9 nitrogen and oxygen atoms in total. The zero-order valence-corrected chi connectivity index (χ0v) is 22.6. The van der Waals surface area contributed by atoms with Gasteiger partial charge in [-0.3, -0.25) is 0 Å². The first-order chi connectivity index (χ1) is 18.0.